The van der Waals surface area contributed by atoms with E-state index in [-0.39, 0.29) is 0 Å². The van der Waals surface area contributed by atoms with Crippen molar-refractivity contribution in [3.05, 3.63) is 42.1 Å². The van der Waals surface area contributed by atoms with E-state index >= 15 is 0 Å². The molecule has 1 amide bonds. The van der Waals surface area contributed by atoms with Gasteiger partial charge in [-0.2, -0.15) is 18.3 Å². The van der Waals surface area contributed by atoms with Gasteiger partial charge >= 0.3 is 18.1 Å². The highest BCUT2D eigenvalue weighted by Crippen LogP contribution is 2.23. The summed E-state index contributed by atoms with van der Waals surface area (Å²) >= 11 is 0. The number of hydrogen-bond acceptors (Lipinski definition) is 3. The molecule has 2 rings (SSSR count). The van der Waals surface area contributed by atoms with Crippen LogP contribution in [0.15, 0.2) is 36.5 Å². The Morgan fingerprint density at radius 1 is 1.19 bits per heavy atom. The highest BCUT2D eigenvalue weighted by Gasteiger charge is 2.40. The van der Waals surface area contributed by atoms with Crippen LogP contribution in [0, 0.1) is 0 Å². The van der Waals surface area contributed by atoms with Crippen LogP contribution < -0.4 is 5.32 Å². The number of amides is 1. The van der Waals surface area contributed by atoms with E-state index in [2.05, 4.69) is 5.10 Å². The minimum atomic E-state index is -5.14. The number of alkyl halides is 3. The van der Waals surface area contributed by atoms with Crippen LogP contribution in [0.1, 0.15) is 10.4 Å². The maximum atomic E-state index is 12.3. The zero-order valence-electron chi connectivity index (χ0n) is 10.3. The maximum Gasteiger partial charge on any atom is 0.471 e. The number of nitrogens with one attached hydrogen (secondary N) is 1. The Morgan fingerprint density at radius 2 is 1.81 bits per heavy atom. The number of hydrogen-bond donors (Lipinski definition) is 2. The Bertz CT molecular complexity index is 680. The molecule has 1 heterocycles. The van der Waals surface area contributed by atoms with Crippen LogP contribution in [0.5, 0.6) is 0 Å². The molecule has 0 radical (unpaired) electrons. The lowest BCUT2D eigenvalue weighted by Gasteiger charge is -2.11. The van der Waals surface area contributed by atoms with Crippen molar-refractivity contribution in [2.75, 3.05) is 5.32 Å². The fourth-order valence-corrected chi connectivity index (χ4v) is 1.57. The second-order valence-corrected chi connectivity index (χ2v) is 3.91. The Labute approximate surface area is 115 Å². The first-order valence-corrected chi connectivity index (χ1v) is 5.55. The molecule has 0 fully saturated rings. The highest BCUT2D eigenvalue weighted by atomic mass is 19.4. The summed E-state index contributed by atoms with van der Waals surface area (Å²) in [4.78, 5) is 22.0. The molecule has 0 saturated heterocycles. The predicted molar refractivity (Wildman–Crippen MR) is 65.2 cm³/mol. The summed E-state index contributed by atoms with van der Waals surface area (Å²) in [5, 5.41) is 14.2. The first kappa shape index (κ1) is 14.6. The number of halogens is 3. The van der Waals surface area contributed by atoms with E-state index < -0.39 is 29.4 Å². The van der Waals surface area contributed by atoms with Crippen molar-refractivity contribution in [2.45, 2.75) is 6.18 Å². The van der Waals surface area contributed by atoms with Crippen molar-refractivity contribution in [1.29, 1.82) is 0 Å². The molecule has 0 aliphatic carbocycles. The number of carboxylic acid groups (broad SMARTS) is 1. The topological polar surface area (TPSA) is 84.2 Å². The fraction of sp³-hybridized carbons (Fsp3) is 0.0833. The van der Waals surface area contributed by atoms with Gasteiger partial charge in [0.25, 0.3) is 0 Å². The van der Waals surface area contributed by atoms with Gasteiger partial charge in [-0.3, -0.25) is 4.79 Å². The minimum absolute atomic E-state index is 0.308. The average Bonchev–Trinajstić information content (AvgIpc) is 2.82. The van der Waals surface area contributed by atoms with Crippen molar-refractivity contribution in [3.63, 3.8) is 0 Å². The third kappa shape index (κ3) is 3.02. The Morgan fingerprint density at radius 3 is 2.33 bits per heavy atom. The summed E-state index contributed by atoms with van der Waals surface area (Å²) < 4.78 is 37.9. The summed E-state index contributed by atoms with van der Waals surface area (Å²) in [7, 11) is 0. The van der Waals surface area contributed by atoms with E-state index in [0.717, 1.165) is 10.9 Å². The van der Waals surface area contributed by atoms with Crippen molar-refractivity contribution in [1.82, 2.24) is 9.78 Å². The van der Waals surface area contributed by atoms with Crippen LogP contribution in [0.25, 0.3) is 5.69 Å². The molecule has 0 spiro atoms. The molecule has 6 nitrogen and oxygen atoms in total. The number of carboxylic acids is 1. The van der Waals surface area contributed by atoms with Crippen LogP contribution in [0.3, 0.4) is 0 Å². The smallest absolute Gasteiger partial charge is 0.471 e. The largest absolute Gasteiger partial charge is 0.477 e. The van der Waals surface area contributed by atoms with Gasteiger partial charge in [-0.05, 0) is 12.1 Å². The molecule has 2 aromatic rings. The normalized spacial score (nSPS) is 11.2. The molecular formula is C12H8F3N3O3. The molecule has 9 heteroatoms. The predicted octanol–water partition coefficient (Wildman–Crippen LogP) is 2.07. The molecule has 0 unspecified atom stereocenters. The van der Waals surface area contributed by atoms with Crippen LogP contribution in [0.4, 0.5) is 19.0 Å². The van der Waals surface area contributed by atoms with Gasteiger partial charge in [0.15, 0.2) is 5.82 Å². The monoisotopic (exact) mass is 299 g/mol. The number of carbonyl (C=O) groups excluding carboxylic acids is 1. The van der Waals surface area contributed by atoms with Gasteiger partial charge in [0.2, 0.25) is 0 Å². The lowest BCUT2D eigenvalue weighted by atomic mass is 10.3. The lowest BCUT2D eigenvalue weighted by Crippen LogP contribution is -2.31. The number of rotatable bonds is 3. The maximum absolute atomic E-state index is 12.3. The zero-order chi connectivity index (χ0) is 15.6. The number of carbonyl (C=O) groups is 2. The van der Waals surface area contributed by atoms with Gasteiger partial charge in [-0.25, -0.2) is 9.48 Å². The van der Waals surface area contributed by atoms with E-state index in [0.29, 0.717) is 5.69 Å². The number of aromatic carboxylic acids is 1. The number of aromatic nitrogens is 2. The van der Waals surface area contributed by atoms with E-state index in [4.69, 9.17) is 5.11 Å². The second-order valence-electron chi connectivity index (χ2n) is 3.91. The average molecular weight is 299 g/mol. The van der Waals surface area contributed by atoms with Gasteiger partial charge in [0.05, 0.1) is 11.9 Å². The summed E-state index contributed by atoms with van der Waals surface area (Å²) in [6.07, 6.45) is -4.27. The van der Waals surface area contributed by atoms with Gasteiger partial charge in [-0.15, -0.1) is 0 Å². The minimum Gasteiger partial charge on any atom is -0.477 e. The fourth-order valence-electron chi connectivity index (χ4n) is 1.57. The van der Waals surface area contributed by atoms with E-state index in [1.165, 1.54) is 17.4 Å². The first-order valence-electron chi connectivity index (χ1n) is 5.55. The van der Waals surface area contributed by atoms with Crippen LogP contribution in [-0.4, -0.2) is 32.9 Å². The zero-order valence-corrected chi connectivity index (χ0v) is 10.3. The van der Waals surface area contributed by atoms with Crippen molar-refractivity contribution < 1.29 is 27.9 Å². The van der Waals surface area contributed by atoms with E-state index in [1.54, 1.807) is 18.2 Å². The van der Waals surface area contributed by atoms with Crippen LogP contribution in [-0.2, 0) is 4.79 Å². The van der Waals surface area contributed by atoms with Crippen molar-refractivity contribution in [3.8, 4) is 5.69 Å². The van der Waals surface area contributed by atoms with Crippen LogP contribution in [0.2, 0.25) is 0 Å². The van der Waals surface area contributed by atoms with Gasteiger partial charge in [0, 0.05) is 0 Å². The van der Waals surface area contributed by atoms with Gasteiger partial charge < -0.3 is 10.4 Å². The standard InChI is InChI=1S/C12H8F3N3O3/c13-12(14,15)11(21)17-9-8(10(19)20)6-16-18(9)7-4-2-1-3-5-7/h1-6H,(H,17,21)(H,19,20). The molecule has 0 atom stereocenters. The van der Waals surface area contributed by atoms with E-state index in [1.807, 2.05) is 0 Å². The van der Waals surface area contributed by atoms with E-state index in [9.17, 15) is 22.8 Å². The number of benzene rings is 1. The van der Waals surface area contributed by atoms with Gasteiger partial charge in [0.1, 0.15) is 5.56 Å². The highest BCUT2D eigenvalue weighted by molar-refractivity contribution is 6.01. The SMILES string of the molecule is O=C(O)c1cnn(-c2ccccc2)c1NC(=O)C(F)(F)F. The summed E-state index contributed by atoms with van der Waals surface area (Å²) in [6.45, 7) is 0. The third-order valence-corrected chi connectivity index (χ3v) is 2.49. The summed E-state index contributed by atoms with van der Waals surface area (Å²) in [5.74, 6) is -4.34. The third-order valence-electron chi connectivity index (χ3n) is 2.49. The van der Waals surface area contributed by atoms with Crippen molar-refractivity contribution in [2.24, 2.45) is 0 Å². The Hall–Kier alpha value is -2.84. The molecule has 0 saturated carbocycles. The molecular weight excluding hydrogens is 291 g/mol. The number of para-hydroxylation sites is 1. The van der Waals surface area contributed by atoms with Gasteiger partial charge in [-0.1, -0.05) is 18.2 Å². The molecule has 1 aromatic heterocycles. The molecule has 0 aliphatic rings. The number of nitrogens with zero attached hydrogens (tertiary/aromatic N) is 2. The number of anilines is 1. The molecule has 1 aromatic carbocycles. The molecule has 21 heavy (non-hydrogen) atoms. The quantitative estimate of drug-likeness (QED) is 0.908. The van der Waals surface area contributed by atoms with Crippen LogP contribution >= 0.6 is 0 Å². The molecule has 2 N–H and O–H groups in total. The Balaban J connectivity index is 2.49. The summed E-state index contributed by atoms with van der Waals surface area (Å²) in [5.41, 5.74) is -0.237. The second kappa shape index (κ2) is 5.27. The molecule has 110 valence electrons. The molecule has 0 aliphatic heterocycles. The first-order chi connectivity index (χ1) is 9.80. The lowest BCUT2D eigenvalue weighted by molar-refractivity contribution is -0.167. The summed E-state index contributed by atoms with van der Waals surface area (Å²) in [6, 6.07) is 7.85. The molecule has 0 bridgehead atoms. The van der Waals surface area contributed by atoms with Crippen molar-refractivity contribution >= 4 is 17.7 Å². The Kier molecular flexibility index (Phi) is 3.66.